The quantitative estimate of drug-likeness (QED) is 0.578. The number of piperidine rings is 2. The maximum absolute atomic E-state index is 13.1. The third-order valence-corrected chi connectivity index (χ3v) is 6.87. The molecule has 1 aromatic carbocycles. The number of anilines is 1. The highest BCUT2D eigenvalue weighted by Gasteiger charge is 2.42. The van der Waals surface area contributed by atoms with E-state index in [1.165, 1.54) is 0 Å². The smallest absolute Gasteiger partial charge is 0.261 e. The van der Waals surface area contributed by atoms with Crippen molar-refractivity contribution in [1.82, 2.24) is 15.5 Å². The number of amides is 4. The minimum absolute atomic E-state index is 0.0453. The van der Waals surface area contributed by atoms with Gasteiger partial charge in [0, 0.05) is 23.7 Å². The van der Waals surface area contributed by atoms with Gasteiger partial charge in [0.15, 0.2) is 0 Å². The molecule has 1 aliphatic carbocycles. The Balaban J connectivity index is 1.25. The molecule has 1 unspecified atom stereocenters. The Hall–Kier alpha value is -2.78. The molecule has 0 aromatic heterocycles. The molecular weight excluding hydrogens is 412 g/mol. The molecule has 2 saturated heterocycles. The van der Waals surface area contributed by atoms with Gasteiger partial charge in [-0.1, -0.05) is 6.07 Å². The second kappa shape index (κ2) is 8.63. The van der Waals surface area contributed by atoms with Crippen molar-refractivity contribution in [2.24, 2.45) is 0 Å². The van der Waals surface area contributed by atoms with E-state index in [2.05, 4.69) is 16.0 Å². The highest BCUT2D eigenvalue weighted by Crippen LogP contribution is 2.34. The lowest BCUT2D eigenvalue weighted by Crippen LogP contribution is -2.58. The Labute approximate surface area is 186 Å². The normalized spacial score (nSPS) is 28.8. The van der Waals surface area contributed by atoms with Crippen LogP contribution in [0.4, 0.5) is 5.69 Å². The number of ether oxygens (including phenoxy) is 1. The summed E-state index contributed by atoms with van der Waals surface area (Å²) in [5.74, 6) is -1.85. The second-order valence-electron chi connectivity index (χ2n) is 9.06. The van der Waals surface area contributed by atoms with Crippen molar-refractivity contribution in [1.29, 1.82) is 0 Å². The molecule has 0 radical (unpaired) electrons. The van der Waals surface area contributed by atoms with Crippen LogP contribution in [0, 0.1) is 0 Å². The van der Waals surface area contributed by atoms with Crippen LogP contribution in [0.25, 0.3) is 0 Å². The Kier molecular flexibility index (Phi) is 5.69. The Morgan fingerprint density at radius 2 is 1.78 bits per heavy atom. The number of rotatable bonds is 5. The van der Waals surface area contributed by atoms with E-state index in [-0.39, 0.29) is 37.3 Å². The van der Waals surface area contributed by atoms with Gasteiger partial charge in [-0.25, -0.2) is 0 Å². The van der Waals surface area contributed by atoms with E-state index in [1.807, 2.05) is 6.07 Å². The minimum Gasteiger partial charge on any atom is -0.382 e. The molecule has 3 fully saturated rings. The van der Waals surface area contributed by atoms with Crippen LogP contribution in [0.5, 0.6) is 0 Å². The number of hydrogen-bond acceptors (Lipinski definition) is 7. The van der Waals surface area contributed by atoms with Crippen LogP contribution in [-0.2, 0) is 25.5 Å². The molecule has 4 amide bonds. The minimum atomic E-state index is -0.933. The van der Waals surface area contributed by atoms with Crippen molar-refractivity contribution in [2.45, 2.75) is 69.2 Å². The van der Waals surface area contributed by atoms with Crippen LogP contribution in [-0.4, -0.2) is 65.9 Å². The zero-order valence-corrected chi connectivity index (χ0v) is 17.9. The number of imide groups is 2. The summed E-state index contributed by atoms with van der Waals surface area (Å²) < 4.78 is 6.18. The van der Waals surface area contributed by atoms with Crippen molar-refractivity contribution in [3.05, 3.63) is 29.3 Å². The van der Waals surface area contributed by atoms with Crippen LogP contribution in [0.2, 0.25) is 0 Å². The van der Waals surface area contributed by atoms with E-state index in [1.54, 1.807) is 12.1 Å². The number of fused-ring (bicyclic) bond motifs is 1. The largest absolute Gasteiger partial charge is 0.382 e. The fourth-order valence-corrected chi connectivity index (χ4v) is 5.05. The maximum atomic E-state index is 13.1. The Morgan fingerprint density at radius 1 is 1.00 bits per heavy atom. The first-order chi connectivity index (χ1) is 15.5. The molecule has 0 spiro atoms. The number of hydrogen-bond donors (Lipinski definition) is 3. The molecule has 9 heteroatoms. The van der Waals surface area contributed by atoms with Gasteiger partial charge in [-0.05, 0) is 62.9 Å². The van der Waals surface area contributed by atoms with Crippen LogP contribution < -0.4 is 16.0 Å². The van der Waals surface area contributed by atoms with Gasteiger partial charge in [-0.15, -0.1) is 0 Å². The van der Waals surface area contributed by atoms with E-state index in [9.17, 15) is 19.2 Å². The molecule has 3 N–H and O–H groups in total. The van der Waals surface area contributed by atoms with Crippen molar-refractivity contribution < 1.29 is 23.9 Å². The van der Waals surface area contributed by atoms with Crippen molar-refractivity contribution in [3.8, 4) is 0 Å². The van der Waals surface area contributed by atoms with Crippen molar-refractivity contribution in [3.63, 3.8) is 0 Å². The lowest BCUT2D eigenvalue weighted by molar-refractivity contribution is -0.143. The molecule has 32 heavy (non-hydrogen) atoms. The van der Waals surface area contributed by atoms with Gasteiger partial charge < -0.3 is 15.4 Å². The molecule has 3 heterocycles. The zero-order chi connectivity index (χ0) is 22.2. The summed E-state index contributed by atoms with van der Waals surface area (Å²) in [5.41, 5.74) is 1.90. The van der Waals surface area contributed by atoms with E-state index in [0.29, 0.717) is 17.2 Å². The highest BCUT2D eigenvalue weighted by molar-refractivity contribution is 6.14. The van der Waals surface area contributed by atoms with Crippen LogP contribution >= 0.6 is 0 Å². The molecule has 5 rings (SSSR count). The first-order valence-corrected chi connectivity index (χ1v) is 11.4. The fourth-order valence-electron chi connectivity index (χ4n) is 5.05. The van der Waals surface area contributed by atoms with Gasteiger partial charge in [0.05, 0.1) is 18.6 Å². The highest BCUT2D eigenvalue weighted by atomic mass is 16.5. The first kappa shape index (κ1) is 21.1. The van der Waals surface area contributed by atoms with E-state index in [4.69, 9.17) is 4.74 Å². The summed E-state index contributed by atoms with van der Waals surface area (Å²) >= 11 is 0. The summed E-state index contributed by atoms with van der Waals surface area (Å²) in [4.78, 5) is 50.7. The molecule has 0 bridgehead atoms. The van der Waals surface area contributed by atoms with Crippen LogP contribution in [0.1, 0.15) is 54.4 Å². The molecule has 4 aliphatic rings. The molecule has 170 valence electrons. The average Bonchev–Trinajstić information content (AvgIpc) is 2.75. The average molecular weight is 441 g/mol. The predicted molar refractivity (Wildman–Crippen MR) is 115 cm³/mol. The van der Waals surface area contributed by atoms with Crippen molar-refractivity contribution >= 4 is 29.3 Å². The Morgan fingerprint density at radius 3 is 2.53 bits per heavy atom. The van der Waals surface area contributed by atoms with Gasteiger partial charge in [0.2, 0.25) is 17.7 Å². The summed E-state index contributed by atoms with van der Waals surface area (Å²) in [6.45, 7) is 2.01. The second-order valence-corrected chi connectivity index (χ2v) is 9.06. The summed E-state index contributed by atoms with van der Waals surface area (Å²) in [7, 11) is 0. The molecule has 3 aliphatic heterocycles. The number of nitrogens with zero attached hydrogens (tertiary/aromatic N) is 1. The van der Waals surface area contributed by atoms with Gasteiger partial charge in [-0.3, -0.25) is 29.4 Å². The van der Waals surface area contributed by atoms with E-state index < -0.39 is 23.8 Å². The third kappa shape index (κ3) is 4.02. The summed E-state index contributed by atoms with van der Waals surface area (Å²) in [6.07, 6.45) is 4.81. The van der Waals surface area contributed by atoms with Crippen molar-refractivity contribution in [2.75, 3.05) is 18.4 Å². The van der Waals surface area contributed by atoms with Gasteiger partial charge in [0.1, 0.15) is 6.04 Å². The predicted octanol–water partition coefficient (Wildman–Crippen LogP) is 0.728. The monoisotopic (exact) mass is 440 g/mol. The van der Waals surface area contributed by atoms with E-state index >= 15 is 0 Å². The summed E-state index contributed by atoms with van der Waals surface area (Å²) in [6, 6.07) is 4.68. The maximum Gasteiger partial charge on any atom is 0.261 e. The van der Waals surface area contributed by atoms with Gasteiger partial charge >= 0.3 is 0 Å². The van der Waals surface area contributed by atoms with Crippen LogP contribution in [0.3, 0.4) is 0 Å². The first-order valence-electron chi connectivity index (χ1n) is 11.4. The van der Waals surface area contributed by atoms with E-state index in [0.717, 1.165) is 49.4 Å². The number of carbonyl (C=O) groups is 4. The topological polar surface area (TPSA) is 117 Å². The number of benzene rings is 1. The van der Waals surface area contributed by atoms with Gasteiger partial charge in [0.25, 0.3) is 5.91 Å². The lowest BCUT2D eigenvalue weighted by Gasteiger charge is -2.40. The molecular formula is C23H28N4O5. The van der Waals surface area contributed by atoms with Crippen LogP contribution in [0.15, 0.2) is 18.2 Å². The summed E-state index contributed by atoms with van der Waals surface area (Å²) in [5, 5.41) is 9.05. The lowest BCUT2D eigenvalue weighted by atomic mass is 9.87. The fraction of sp³-hybridized carbons (Fsp3) is 0.565. The standard InChI is InChI=1S/C23H28N4O5/c28-20-5-4-19(22(30)26-20)27-21(29)12-17-16(23(27)31)2-1-3-18(17)25-13-10-15(11-13)32-14-6-8-24-9-7-14/h1-3,13-15,19,24-25H,4-12H2,(H,26,28,30). The zero-order valence-electron chi connectivity index (χ0n) is 17.9. The molecule has 1 saturated carbocycles. The molecule has 9 nitrogen and oxygen atoms in total. The number of nitrogens with one attached hydrogen (secondary N) is 3. The third-order valence-electron chi connectivity index (χ3n) is 6.87. The Bertz CT molecular complexity index is 952. The SMILES string of the molecule is O=C1CCC(N2C(=O)Cc3c(NC4CC(OC5CCNCC5)C4)cccc3C2=O)C(=O)N1. The molecule has 1 aromatic rings. The molecule has 1 atom stereocenters. The van der Waals surface area contributed by atoms with Gasteiger partial charge in [-0.2, -0.15) is 0 Å². The number of carbonyl (C=O) groups excluding carboxylic acids is 4.